The minimum absolute atomic E-state index is 0.0257. The molecule has 0 radical (unpaired) electrons. The van der Waals surface area contributed by atoms with E-state index in [2.05, 4.69) is 40.2 Å². The smallest absolute Gasteiger partial charge is 0.407 e. The highest BCUT2D eigenvalue weighted by Crippen LogP contribution is 2.44. The first-order valence-electron chi connectivity index (χ1n) is 10.8. The zero-order chi connectivity index (χ0) is 22.9. The number of fused-ring (bicyclic) bond motifs is 3. The molecule has 170 valence electrons. The number of carbonyl (C=O) groups is 2. The molecule has 1 amide bonds. The first-order valence-corrected chi connectivity index (χ1v) is 11.2. The minimum Gasteiger partial charge on any atom is -0.466 e. The molecule has 0 aromatic heterocycles. The summed E-state index contributed by atoms with van der Waals surface area (Å²) >= 11 is 5.18. The third kappa shape index (κ3) is 6.20. The fourth-order valence-corrected chi connectivity index (χ4v) is 3.90. The summed E-state index contributed by atoms with van der Waals surface area (Å²) in [6.07, 6.45) is -0.231. The maximum atomic E-state index is 12.3. The molecule has 0 aliphatic heterocycles. The number of carbonyl (C=O) groups excluding carboxylic acids is 2. The Kier molecular flexibility index (Phi) is 8.44. The van der Waals surface area contributed by atoms with Crippen LogP contribution in [-0.4, -0.2) is 49.5 Å². The summed E-state index contributed by atoms with van der Waals surface area (Å²) in [6.45, 7) is 5.07. The van der Waals surface area contributed by atoms with Gasteiger partial charge in [0.15, 0.2) is 5.11 Å². The number of benzene rings is 2. The Hall–Kier alpha value is -3.13. The Labute approximate surface area is 193 Å². The zero-order valence-corrected chi connectivity index (χ0v) is 19.2. The van der Waals surface area contributed by atoms with Gasteiger partial charge in [0, 0.05) is 25.0 Å². The first kappa shape index (κ1) is 23.5. The van der Waals surface area contributed by atoms with Gasteiger partial charge in [-0.05, 0) is 48.3 Å². The summed E-state index contributed by atoms with van der Waals surface area (Å²) in [6, 6.07) is 16.2. The lowest BCUT2D eigenvalue weighted by Crippen LogP contribution is -2.45. The van der Waals surface area contributed by atoms with Crippen molar-refractivity contribution < 1.29 is 19.1 Å². The standard InChI is InChI=1S/C24H29N3O4S/c1-3-30-22(28)12-13-25-23(32)26-14-16(2)27-24(29)31-15-21-19-10-6-4-8-17(19)18-9-5-7-11-20(18)21/h4-11,16,21H,3,12-15H2,1-2H3,(H,27,29)(H2,25,26,32)/t16-/m0/s1. The van der Waals surface area contributed by atoms with Crippen molar-refractivity contribution >= 4 is 29.4 Å². The van der Waals surface area contributed by atoms with Crippen molar-refractivity contribution in [3.05, 3.63) is 59.7 Å². The zero-order valence-electron chi connectivity index (χ0n) is 18.4. The maximum Gasteiger partial charge on any atom is 0.407 e. The lowest BCUT2D eigenvalue weighted by molar-refractivity contribution is -0.142. The lowest BCUT2D eigenvalue weighted by Gasteiger charge is -2.18. The van der Waals surface area contributed by atoms with Gasteiger partial charge in [0.25, 0.3) is 0 Å². The molecular formula is C24H29N3O4S. The quantitative estimate of drug-likeness (QED) is 0.395. The fourth-order valence-electron chi connectivity index (χ4n) is 3.71. The second-order valence-electron chi connectivity index (χ2n) is 7.56. The molecule has 2 aromatic carbocycles. The molecule has 0 spiro atoms. The predicted molar refractivity (Wildman–Crippen MR) is 128 cm³/mol. The van der Waals surface area contributed by atoms with Crippen LogP contribution in [0.15, 0.2) is 48.5 Å². The molecule has 1 aliphatic rings. The summed E-state index contributed by atoms with van der Waals surface area (Å²) in [5.74, 6) is -0.245. The number of alkyl carbamates (subject to hydrolysis) is 1. The first-order chi connectivity index (χ1) is 15.5. The SMILES string of the molecule is CCOC(=O)CCNC(=S)NC[C@H](C)NC(=O)OCC1c2ccccc2-c2ccccc21. The molecule has 7 nitrogen and oxygen atoms in total. The van der Waals surface area contributed by atoms with Crippen LogP contribution in [0.5, 0.6) is 0 Å². The summed E-state index contributed by atoms with van der Waals surface area (Å²) in [5, 5.41) is 9.18. The van der Waals surface area contributed by atoms with E-state index < -0.39 is 6.09 Å². The molecule has 3 N–H and O–H groups in total. The molecule has 0 heterocycles. The van der Waals surface area contributed by atoms with Gasteiger partial charge in [-0.25, -0.2) is 4.79 Å². The number of nitrogens with one attached hydrogen (secondary N) is 3. The third-order valence-corrected chi connectivity index (χ3v) is 5.49. The van der Waals surface area contributed by atoms with Gasteiger partial charge in [-0.2, -0.15) is 0 Å². The van der Waals surface area contributed by atoms with Crippen molar-refractivity contribution in [2.75, 3.05) is 26.3 Å². The average Bonchev–Trinajstić information content (AvgIpc) is 3.10. The molecule has 2 aromatic rings. The van der Waals surface area contributed by atoms with E-state index in [0.29, 0.717) is 24.8 Å². The normalized spacial score (nSPS) is 12.8. The van der Waals surface area contributed by atoms with Crippen LogP contribution >= 0.6 is 12.2 Å². The van der Waals surface area contributed by atoms with Gasteiger partial charge in [0.2, 0.25) is 0 Å². The highest BCUT2D eigenvalue weighted by Gasteiger charge is 2.29. The molecule has 3 rings (SSSR count). The van der Waals surface area contributed by atoms with Gasteiger partial charge in [-0.1, -0.05) is 48.5 Å². The van der Waals surface area contributed by atoms with E-state index >= 15 is 0 Å². The van der Waals surface area contributed by atoms with Crippen molar-refractivity contribution in [1.82, 2.24) is 16.0 Å². The van der Waals surface area contributed by atoms with Crippen molar-refractivity contribution in [2.45, 2.75) is 32.2 Å². The van der Waals surface area contributed by atoms with Gasteiger partial charge < -0.3 is 25.4 Å². The van der Waals surface area contributed by atoms with Gasteiger partial charge in [0.05, 0.1) is 13.0 Å². The predicted octanol–water partition coefficient (Wildman–Crippen LogP) is 3.33. The summed E-state index contributed by atoms with van der Waals surface area (Å²) < 4.78 is 10.4. The Balaban J connectivity index is 1.41. The van der Waals surface area contributed by atoms with Gasteiger partial charge in [-0.3, -0.25) is 4.79 Å². The number of hydrogen-bond donors (Lipinski definition) is 3. The molecule has 1 atom stereocenters. The number of thiocarbonyl (C=S) groups is 1. The Morgan fingerprint density at radius 3 is 2.25 bits per heavy atom. The van der Waals surface area contributed by atoms with Crippen molar-refractivity contribution in [3.8, 4) is 11.1 Å². The fraction of sp³-hybridized carbons (Fsp3) is 0.375. The number of ether oxygens (including phenoxy) is 2. The number of esters is 1. The van der Waals surface area contributed by atoms with Crippen LogP contribution in [0.3, 0.4) is 0 Å². The minimum atomic E-state index is -0.470. The summed E-state index contributed by atoms with van der Waals surface area (Å²) in [5.41, 5.74) is 4.74. The Morgan fingerprint density at radius 1 is 1.00 bits per heavy atom. The van der Waals surface area contributed by atoms with Gasteiger partial charge in [-0.15, -0.1) is 0 Å². The molecule has 32 heavy (non-hydrogen) atoms. The average molecular weight is 456 g/mol. The molecule has 1 aliphatic carbocycles. The van der Waals surface area contributed by atoms with E-state index in [0.717, 1.165) is 0 Å². The van der Waals surface area contributed by atoms with Crippen LogP contribution in [0.4, 0.5) is 4.79 Å². The van der Waals surface area contributed by atoms with E-state index in [1.54, 1.807) is 6.92 Å². The topological polar surface area (TPSA) is 88.7 Å². The van der Waals surface area contributed by atoms with Crippen molar-refractivity contribution in [2.24, 2.45) is 0 Å². The summed E-state index contributed by atoms with van der Waals surface area (Å²) in [7, 11) is 0. The van der Waals surface area contributed by atoms with Gasteiger partial charge >= 0.3 is 12.1 Å². The highest BCUT2D eigenvalue weighted by molar-refractivity contribution is 7.80. The number of hydrogen-bond acceptors (Lipinski definition) is 5. The van der Waals surface area contributed by atoms with Crippen molar-refractivity contribution in [3.63, 3.8) is 0 Å². The molecule has 0 fully saturated rings. The molecular weight excluding hydrogens is 426 g/mol. The number of amides is 1. The van der Waals surface area contributed by atoms with E-state index in [-0.39, 0.29) is 31.0 Å². The second kappa shape index (κ2) is 11.5. The van der Waals surface area contributed by atoms with Crippen LogP contribution in [-0.2, 0) is 14.3 Å². The van der Waals surface area contributed by atoms with Crippen LogP contribution in [0.25, 0.3) is 11.1 Å². The molecule has 0 saturated carbocycles. The number of rotatable bonds is 9. The van der Waals surface area contributed by atoms with E-state index in [1.807, 2.05) is 31.2 Å². The molecule has 8 heteroatoms. The highest BCUT2D eigenvalue weighted by atomic mass is 32.1. The van der Waals surface area contributed by atoms with Crippen LogP contribution in [0.2, 0.25) is 0 Å². The Bertz CT molecular complexity index is 920. The molecule has 0 saturated heterocycles. The van der Waals surface area contributed by atoms with E-state index in [1.165, 1.54) is 22.3 Å². The van der Waals surface area contributed by atoms with Gasteiger partial charge in [0.1, 0.15) is 6.61 Å². The van der Waals surface area contributed by atoms with Crippen LogP contribution in [0.1, 0.15) is 37.3 Å². The third-order valence-electron chi connectivity index (χ3n) is 5.20. The second-order valence-corrected chi connectivity index (χ2v) is 7.97. The molecule has 0 bridgehead atoms. The largest absolute Gasteiger partial charge is 0.466 e. The van der Waals surface area contributed by atoms with Crippen LogP contribution < -0.4 is 16.0 Å². The summed E-state index contributed by atoms with van der Waals surface area (Å²) in [4.78, 5) is 23.6. The maximum absolute atomic E-state index is 12.3. The monoisotopic (exact) mass is 455 g/mol. The Morgan fingerprint density at radius 2 is 1.62 bits per heavy atom. The van der Waals surface area contributed by atoms with Crippen LogP contribution in [0, 0.1) is 0 Å². The van der Waals surface area contributed by atoms with E-state index in [9.17, 15) is 9.59 Å². The lowest BCUT2D eigenvalue weighted by atomic mass is 9.98. The van der Waals surface area contributed by atoms with E-state index in [4.69, 9.17) is 21.7 Å². The molecule has 0 unspecified atom stereocenters. The van der Waals surface area contributed by atoms with Crippen molar-refractivity contribution in [1.29, 1.82) is 0 Å².